The maximum absolute atomic E-state index is 13.8. The van der Waals surface area contributed by atoms with E-state index in [0.29, 0.717) is 19.0 Å². The molecule has 1 aromatic carbocycles. The number of hydrogen-bond acceptors (Lipinski definition) is 2. The Hall–Kier alpha value is -1.30. The maximum atomic E-state index is 13.8. The van der Waals surface area contributed by atoms with Crippen LogP contribution in [0.4, 0.5) is 23.2 Å². The Labute approximate surface area is 116 Å². The van der Waals surface area contributed by atoms with Gasteiger partial charge in [0.25, 0.3) is 0 Å². The van der Waals surface area contributed by atoms with Crippen LogP contribution in [-0.4, -0.2) is 12.6 Å². The Bertz CT molecular complexity index is 449. The lowest BCUT2D eigenvalue weighted by Gasteiger charge is -2.32. The van der Waals surface area contributed by atoms with Crippen molar-refractivity contribution in [2.24, 2.45) is 11.1 Å². The molecule has 0 spiro atoms. The van der Waals surface area contributed by atoms with E-state index in [4.69, 9.17) is 5.73 Å². The smallest absolute Gasteiger partial charge is 0.379 e. The molecule has 1 aromatic rings. The fourth-order valence-electron chi connectivity index (χ4n) is 1.88. The van der Waals surface area contributed by atoms with Gasteiger partial charge in [0.2, 0.25) is 0 Å². The molecule has 0 fully saturated rings. The average Bonchev–Trinajstić information content (AvgIpc) is 2.28. The number of nitrogens with one attached hydrogen (secondary N) is 1. The van der Waals surface area contributed by atoms with E-state index in [-0.39, 0.29) is 17.1 Å². The standard InChI is InChI=1S/C14H20F4N2/c1-13(2,3)12(6-7-19)20-11-5-4-9(8-10(11)15)14(16,17)18/h4-5,8,12,20H,6-7,19H2,1-3H3. The predicted octanol–water partition coefficient (Wildman–Crippen LogP) is 4.02. The molecule has 0 bridgehead atoms. The molecule has 0 saturated heterocycles. The van der Waals surface area contributed by atoms with Gasteiger partial charge < -0.3 is 11.1 Å². The largest absolute Gasteiger partial charge is 0.416 e. The lowest BCUT2D eigenvalue weighted by atomic mass is 9.84. The van der Waals surface area contributed by atoms with E-state index >= 15 is 0 Å². The van der Waals surface area contributed by atoms with Crippen molar-refractivity contribution in [1.29, 1.82) is 0 Å². The highest BCUT2D eigenvalue weighted by atomic mass is 19.4. The molecule has 114 valence electrons. The minimum atomic E-state index is -4.54. The van der Waals surface area contributed by atoms with Crippen LogP contribution in [0.3, 0.4) is 0 Å². The average molecular weight is 292 g/mol. The Balaban J connectivity index is 2.98. The van der Waals surface area contributed by atoms with Crippen molar-refractivity contribution < 1.29 is 17.6 Å². The summed E-state index contributed by atoms with van der Waals surface area (Å²) in [6.45, 7) is 6.30. The summed E-state index contributed by atoms with van der Waals surface area (Å²) in [6, 6.07) is 2.37. The van der Waals surface area contributed by atoms with Crippen LogP contribution in [0.2, 0.25) is 0 Å². The van der Waals surface area contributed by atoms with E-state index in [2.05, 4.69) is 5.32 Å². The number of halogens is 4. The second kappa shape index (κ2) is 5.99. The summed E-state index contributed by atoms with van der Waals surface area (Å²) in [5, 5.41) is 2.94. The van der Waals surface area contributed by atoms with Crippen molar-refractivity contribution in [2.75, 3.05) is 11.9 Å². The summed E-state index contributed by atoms with van der Waals surface area (Å²) < 4.78 is 51.2. The minimum Gasteiger partial charge on any atom is -0.379 e. The minimum absolute atomic E-state index is 0.0615. The highest BCUT2D eigenvalue weighted by molar-refractivity contribution is 5.48. The summed E-state index contributed by atoms with van der Waals surface area (Å²) >= 11 is 0. The van der Waals surface area contributed by atoms with Crippen LogP contribution in [0.25, 0.3) is 0 Å². The lowest BCUT2D eigenvalue weighted by molar-refractivity contribution is -0.137. The molecule has 1 atom stereocenters. The third-order valence-electron chi connectivity index (χ3n) is 3.13. The van der Waals surface area contributed by atoms with Gasteiger partial charge in [0.15, 0.2) is 0 Å². The van der Waals surface area contributed by atoms with Gasteiger partial charge in [0.1, 0.15) is 5.82 Å². The van der Waals surface area contributed by atoms with E-state index in [0.717, 1.165) is 12.1 Å². The summed E-state index contributed by atoms with van der Waals surface area (Å²) in [5.74, 6) is -0.911. The predicted molar refractivity (Wildman–Crippen MR) is 71.9 cm³/mol. The van der Waals surface area contributed by atoms with E-state index < -0.39 is 17.6 Å². The Morgan fingerprint density at radius 2 is 1.80 bits per heavy atom. The summed E-state index contributed by atoms with van der Waals surface area (Å²) in [5.41, 5.74) is 4.40. The number of anilines is 1. The third-order valence-corrected chi connectivity index (χ3v) is 3.13. The molecule has 3 N–H and O–H groups in total. The van der Waals surface area contributed by atoms with Crippen molar-refractivity contribution in [3.63, 3.8) is 0 Å². The number of hydrogen-bond donors (Lipinski definition) is 2. The fourth-order valence-corrected chi connectivity index (χ4v) is 1.88. The second-order valence-corrected chi connectivity index (χ2v) is 5.83. The number of benzene rings is 1. The van der Waals surface area contributed by atoms with Gasteiger partial charge in [-0.2, -0.15) is 13.2 Å². The van der Waals surface area contributed by atoms with Crippen LogP contribution in [0, 0.1) is 11.2 Å². The molecule has 0 radical (unpaired) electrons. The molecule has 0 heterocycles. The maximum Gasteiger partial charge on any atom is 0.416 e. The zero-order chi connectivity index (χ0) is 15.6. The molecule has 0 saturated carbocycles. The highest BCUT2D eigenvalue weighted by Gasteiger charge is 2.31. The first-order chi connectivity index (χ1) is 9.05. The Kier molecular flexibility index (Phi) is 5.02. The fraction of sp³-hybridized carbons (Fsp3) is 0.571. The van der Waals surface area contributed by atoms with Gasteiger partial charge >= 0.3 is 6.18 Å². The van der Waals surface area contributed by atoms with Crippen LogP contribution >= 0.6 is 0 Å². The summed E-state index contributed by atoms with van der Waals surface area (Å²) in [6.07, 6.45) is -3.94. The van der Waals surface area contributed by atoms with Gasteiger partial charge in [-0.05, 0) is 36.6 Å². The zero-order valence-electron chi connectivity index (χ0n) is 11.8. The van der Waals surface area contributed by atoms with Crippen LogP contribution < -0.4 is 11.1 Å². The van der Waals surface area contributed by atoms with E-state index in [1.165, 1.54) is 0 Å². The molecule has 1 unspecified atom stereocenters. The topological polar surface area (TPSA) is 38.0 Å². The molecule has 1 rings (SSSR count). The van der Waals surface area contributed by atoms with Gasteiger partial charge in [-0.1, -0.05) is 20.8 Å². The third kappa shape index (κ3) is 4.37. The van der Waals surface area contributed by atoms with Crippen molar-refractivity contribution in [3.8, 4) is 0 Å². The first-order valence-electron chi connectivity index (χ1n) is 6.39. The van der Waals surface area contributed by atoms with Crippen molar-refractivity contribution in [3.05, 3.63) is 29.6 Å². The summed E-state index contributed by atoms with van der Waals surface area (Å²) in [7, 11) is 0. The zero-order valence-corrected chi connectivity index (χ0v) is 11.8. The molecule has 6 heteroatoms. The van der Waals surface area contributed by atoms with Crippen molar-refractivity contribution in [2.45, 2.75) is 39.4 Å². The van der Waals surface area contributed by atoms with Crippen LogP contribution in [0.15, 0.2) is 18.2 Å². The Morgan fingerprint density at radius 3 is 2.20 bits per heavy atom. The second-order valence-electron chi connectivity index (χ2n) is 5.83. The van der Waals surface area contributed by atoms with Crippen molar-refractivity contribution in [1.82, 2.24) is 0 Å². The number of alkyl halides is 3. The first kappa shape index (κ1) is 16.8. The van der Waals surface area contributed by atoms with E-state index in [1.54, 1.807) is 0 Å². The molecular weight excluding hydrogens is 272 g/mol. The van der Waals surface area contributed by atoms with Crippen LogP contribution in [0.1, 0.15) is 32.8 Å². The van der Waals surface area contributed by atoms with Gasteiger partial charge in [-0.3, -0.25) is 0 Å². The monoisotopic (exact) mass is 292 g/mol. The number of nitrogens with two attached hydrogens (primary N) is 1. The van der Waals surface area contributed by atoms with Crippen LogP contribution in [0.5, 0.6) is 0 Å². The molecule has 2 nitrogen and oxygen atoms in total. The first-order valence-corrected chi connectivity index (χ1v) is 6.39. The van der Waals surface area contributed by atoms with Gasteiger partial charge in [-0.15, -0.1) is 0 Å². The van der Waals surface area contributed by atoms with Gasteiger partial charge in [-0.25, -0.2) is 4.39 Å². The SMILES string of the molecule is CC(C)(C)C(CCN)Nc1ccc(C(F)(F)F)cc1F. The van der Waals surface area contributed by atoms with Crippen molar-refractivity contribution >= 4 is 5.69 Å². The molecule has 20 heavy (non-hydrogen) atoms. The summed E-state index contributed by atoms with van der Waals surface area (Å²) in [4.78, 5) is 0. The highest BCUT2D eigenvalue weighted by Crippen LogP contribution is 2.32. The van der Waals surface area contributed by atoms with Crippen LogP contribution in [-0.2, 0) is 6.18 Å². The quantitative estimate of drug-likeness (QED) is 0.823. The molecule has 0 aliphatic carbocycles. The normalized spacial score (nSPS) is 14.2. The van der Waals surface area contributed by atoms with Gasteiger partial charge in [0, 0.05) is 6.04 Å². The lowest BCUT2D eigenvalue weighted by Crippen LogP contribution is -2.36. The molecule has 0 amide bonds. The molecule has 0 aliphatic heterocycles. The van der Waals surface area contributed by atoms with E-state index in [9.17, 15) is 17.6 Å². The molecule has 0 aliphatic rings. The molecular formula is C14H20F4N2. The van der Waals surface area contributed by atoms with E-state index in [1.807, 2.05) is 20.8 Å². The molecule has 0 aromatic heterocycles. The Morgan fingerprint density at radius 1 is 1.20 bits per heavy atom. The van der Waals surface area contributed by atoms with Gasteiger partial charge in [0.05, 0.1) is 11.3 Å². The number of rotatable bonds is 4.